The Morgan fingerprint density at radius 1 is 1.38 bits per heavy atom. The second kappa shape index (κ2) is 5.87. The standard InChI is InChI=1S/C12H22N2O.ClH/c1-9-7-10-5-3-4-6-11(10)14(9)12(15)8-13-2;/h9-11,13H,3-8H2,1-2H3;1H. The number of nitrogens with one attached hydrogen (secondary N) is 1. The fourth-order valence-electron chi connectivity index (χ4n) is 3.38. The van der Waals surface area contributed by atoms with Crippen LogP contribution in [0.1, 0.15) is 39.0 Å². The molecule has 1 saturated carbocycles. The van der Waals surface area contributed by atoms with E-state index < -0.39 is 0 Å². The van der Waals surface area contributed by atoms with Crippen LogP contribution in [0.5, 0.6) is 0 Å². The van der Waals surface area contributed by atoms with Crippen LogP contribution in [0, 0.1) is 5.92 Å². The van der Waals surface area contributed by atoms with Gasteiger partial charge in [0.2, 0.25) is 5.91 Å². The minimum Gasteiger partial charge on any atom is -0.336 e. The Bertz CT molecular complexity index is 247. The van der Waals surface area contributed by atoms with E-state index in [-0.39, 0.29) is 12.4 Å². The monoisotopic (exact) mass is 246 g/mol. The van der Waals surface area contributed by atoms with Gasteiger partial charge < -0.3 is 10.2 Å². The van der Waals surface area contributed by atoms with Gasteiger partial charge in [-0.2, -0.15) is 0 Å². The van der Waals surface area contributed by atoms with E-state index in [4.69, 9.17) is 0 Å². The van der Waals surface area contributed by atoms with Gasteiger partial charge in [0.1, 0.15) is 0 Å². The molecule has 1 heterocycles. The van der Waals surface area contributed by atoms with Crippen LogP contribution in [0.3, 0.4) is 0 Å². The normalized spacial score (nSPS) is 33.1. The molecule has 94 valence electrons. The van der Waals surface area contributed by atoms with Crippen LogP contribution in [0.4, 0.5) is 0 Å². The molecule has 2 aliphatic rings. The minimum atomic E-state index is 0. The molecular weight excluding hydrogens is 224 g/mol. The molecule has 3 unspecified atom stereocenters. The van der Waals surface area contributed by atoms with Crippen molar-refractivity contribution in [3.05, 3.63) is 0 Å². The summed E-state index contributed by atoms with van der Waals surface area (Å²) in [7, 11) is 1.84. The highest BCUT2D eigenvalue weighted by Crippen LogP contribution is 2.39. The second-order valence-electron chi connectivity index (χ2n) is 5.03. The zero-order chi connectivity index (χ0) is 10.8. The predicted molar refractivity (Wildman–Crippen MR) is 67.8 cm³/mol. The second-order valence-corrected chi connectivity index (χ2v) is 5.03. The van der Waals surface area contributed by atoms with Crippen molar-refractivity contribution in [1.29, 1.82) is 0 Å². The highest BCUT2D eigenvalue weighted by Gasteiger charge is 2.41. The van der Waals surface area contributed by atoms with Gasteiger partial charge in [-0.1, -0.05) is 12.8 Å². The molecule has 0 aromatic rings. The third kappa shape index (κ3) is 2.51. The number of nitrogens with zero attached hydrogens (tertiary/aromatic N) is 1. The summed E-state index contributed by atoms with van der Waals surface area (Å²) >= 11 is 0. The Kier molecular flexibility index (Phi) is 5.06. The summed E-state index contributed by atoms with van der Waals surface area (Å²) in [6, 6.07) is 1.01. The predicted octanol–water partition coefficient (Wildman–Crippen LogP) is 1.81. The van der Waals surface area contributed by atoms with Crippen LogP contribution in [0.25, 0.3) is 0 Å². The Morgan fingerprint density at radius 2 is 2.06 bits per heavy atom. The van der Waals surface area contributed by atoms with Gasteiger partial charge in [-0.3, -0.25) is 4.79 Å². The first-order valence-electron chi connectivity index (χ1n) is 6.19. The third-order valence-electron chi connectivity index (χ3n) is 3.96. The molecule has 1 aliphatic carbocycles. The summed E-state index contributed by atoms with van der Waals surface area (Å²) in [6.07, 6.45) is 6.45. The van der Waals surface area contributed by atoms with Crippen molar-refractivity contribution in [1.82, 2.24) is 10.2 Å². The van der Waals surface area contributed by atoms with Crippen LogP contribution in [0.15, 0.2) is 0 Å². The van der Waals surface area contributed by atoms with Crippen molar-refractivity contribution < 1.29 is 4.79 Å². The lowest BCUT2D eigenvalue weighted by atomic mass is 9.85. The maximum atomic E-state index is 12.0. The summed E-state index contributed by atoms with van der Waals surface area (Å²) in [4.78, 5) is 14.1. The summed E-state index contributed by atoms with van der Waals surface area (Å²) in [5, 5.41) is 2.97. The van der Waals surface area contributed by atoms with E-state index in [1.54, 1.807) is 0 Å². The van der Waals surface area contributed by atoms with E-state index in [2.05, 4.69) is 17.1 Å². The number of hydrogen-bond acceptors (Lipinski definition) is 2. The largest absolute Gasteiger partial charge is 0.336 e. The highest BCUT2D eigenvalue weighted by molar-refractivity contribution is 5.85. The summed E-state index contributed by atoms with van der Waals surface area (Å²) in [5.41, 5.74) is 0. The van der Waals surface area contributed by atoms with E-state index in [0.29, 0.717) is 24.5 Å². The zero-order valence-electron chi connectivity index (χ0n) is 10.2. The average molecular weight is 247 g/mol. The average Bonchev–Trinajstić information content (AvgIpc) is 2.54. The first-order valence-corrected chi connectivity index (χ1v) is 6.19. The molecule has 0 radical (unpaired) electrons. The Balaban J connectivity index is 0.00000128. The third-order valence-corrected chi connectivity index (χ3v) is 3.96. The fraction of sp³-hybridized carbons (Fsp3) is 0.917. The van der Waals surface area contributed by atoms with Crippen molar-refractivity contribution in [2.45, 2.75) is 51.1 Å². The SMILES string of the molecule is CNCC(=O)N1C(C)CC2CCCCC21.Cl. The lowest BCUT2D eigenvalue weighted by molar-refractivity contribution is -0.133. The van der Waals surface area contributed by atoms with Crippen molar-refractivity contribution >= 4 is 18.3 Å². The molecule has 1 N–H and O–H groups in total. The molecule has 0 bridgehead atoms. The number of likely N-dealkylation sites (N-methyl/N-ethyl adjacent to an activating group) is 1. The van der Waals surface area contributed by atoms with Crippen LogP contribution in [-0.4, -0.2) is 36.5 Å². The van der Waals surface area contributed by atoms with E-state index in [0.717, 1.165) is 5.92 Å². The number of halogens is 1. The molecule has 1 saturated heterocycles. The number of carbonyl (C=O) groups is 1. The first-order chi connectivity index (χ1) is 7.24. The van der Waals surface area contributed by atoms with Crippen LogP contribution < -0.4 is 5.32 Å². The minimum absolute atomic E-state index is 0. The number of fused-ring (bicyclic) bond motifs is 1. The van der Waals surface area contributed by atoms with E-state index >= 15 is 0 Å². The Labute approximate surface area is 104 Å². The summed E-state index contributed by atoms with van der Waals surface area (Å²) in [6.45, 7) is 2.69. The van der Waals surface area contributed by atoms with Gasteiger partial charge in [-0.05, 0) is 39.2 Å². The molecular formula is C12H23ClN2O. The van der Waals surface area contributed by atoms with Crippen molar-refractivity contribution in [3.63, 3.8) is 0 Å². The van der Waals surface area contributed by atoms with E-state index in [9.17, 15) is 4.79 Å². The number of hydrogen-bond donors (Lipinski definition) is 1. The maximum Gasteiger partial charge on any atom is 0.237 e. The Morgan fingerprint density at radius 3 is 2.75 bits per heavy atom. The fourth-order valence-corrected chi connectivity index (χ4v) is 3.38. The molecule has 0 aromatic heterocycles. The smallest absolute Gasteiger partial charge is 0.237 e. The zero-order valence-corrected chi connectivity index (χ0v) is 11.1. The van der Waals surface area contributed by atoms with Gasteiger partial charge in [0.05, 0.1) is 6.54 Å². The summed E-state index contributed by atoms with van der Waals surface area (Å²) in [5.74, 6) is 1.08. The van der Waals surface area contributed by atoms with Crippen molar-refractivity contribution in [2.24, 2.45) is 5.92 Å². The molecule has 3 atom stereocenters. The van der Waals surface area contributed by atoms with Gasteiger partial charge >= 0.3 is 0 Å². The lowest BCUT2D eigenvalue weighted by Crippen LogP contribution is -2.45. The molecule has 16 heavy (non-hydrogen) atoms. The number of carbonyl (C=O) groups excluding carboxylic acids is 1. The van der Waals surface area contributed by atoms with Gasteiger partial charge in [0, 0.05) is 12.1 Å². The Hall–Kier alpha value is -0.280. The lowest BCUT2D eigenvalue weighted by Gasteiger charge is -2.33. The van der Waals surface area contributed by atoms with Crippen LogP contribution >= 0.6 is 12.4 Å². The molecule has 0 spiro atoms. The summed E-state index contributed by atoms with van der Waals surface area (Å²) < 4.78 is 0. The topological polar surface area (TPSA) is 32.3 Å². The molecule has 3 nitrogen and oxygen atoms in total. The molecule has 1 aliphatic heterocycles. The quantitative estimate of drug-likeness (QED) is 0.806. The van der Waals surface area contributed by atoms with Gasteiger partial charge in [0.15, 0.2) is 0 Å². The molecule has 4 heteroatoms. The molecule has 0 aromatic carbocycles. The highest BCUT2D eigenvalue weighted by atomic mass is 35.5. The molecule has 2 rings (SSSR count). The maximum absolute atomic E-state index is 12.0. The number of rotatable bonds is 2. The van der Waals surface area contributed by atoms with Gasteiger partial charge in [-0.25, -0.2) is 0 Å². The van der Waals surface area contributed by atoms with Crippen molar-refractivity contribution in [2.75, 3.05) is 13.6 Å². The van der Waals surface area contributed by atoms with Crippen molar-refractivity contribution in [3.8, 4) is 0 Å². The van der Waals surface area contributed by atoms with E-state index in [1.807, 2.05) is 7.05 Å². The number of likely N-dealkylation sites (tertiary alicyclic amines) is 1. The number of amides is 1. The molecule has 1 amide bonds. The van der Waals surface area contributed by atoms with Gasteiger partial charge in [-0.15, -0.1) is 12.4 Å². The van der Waals surface area contributed by atoms with Gasteiger partial charge in [0.25, 0.3) is 0 Å². The molecule has 2 fully saturated rings. The first kappa shape index (κ1) is 13.8. The van der Waals surface area contributed by atoms with E-state index in [1.165, 1.54) is 32.1 Å². The van der Waals surface area contributed by atoms with Crippen LogP contribution in [0.2, 0.25) is 0 Å². The van der Waals surface area contributed by atoms with Crippen LogP contribution in [-0.2, 0) is 4.79 Å².